The van der Waals surface area contributed by atoms with Crippen molar-refractivity contribution in [2.45, 2.75) is 452 Å². The van der Waals surface area contributed by atoms with E-state index in [0.717, 1.165) is 115 Å². The standard InChI is InChI=1S/C82H160O17P2/c1-7-10-12-14-16-17-18-19-20-21-22-23-24-25-26-31-37-42-48-54-60-66-82(87)99-78(71-93-80(85)65-59-53-47-41-36-30-28-27-29-35-40-46-51-57-63-75(6)9-3)73-97-101(90,91)95-69-76(83)68-94-100(88,89)96-72-77(70-92-79(84)64-58-52-44-15-13-11-8-2)98-81(86)67-61-55-49-43-38-33-32-34-39-45-50-56-62-74(4)5/h74-78,83H,7-73H2,1-6H3,(H,88,89)(H,90,91)/t75?,76-,77+,78+/m0/s1. The lowest BCUT2D eigenvalue weighted by atomic mass is 9.99. The van der Waals surface area contributed by atoms with Crippen LogP contribution in [0.2, 0.25) is 0 Å². The van der Waals surface area contributed by atoms with E-state index < -0.39 is 97.5 Å². The van der Waals surface area contributed by atoms with Crippen molar-refractivity contribution in [3.05, 3.63) is 0 Å². The molecular formula is C82H160O17P2. The van der Waals surface area contributed by atoms with E-state index in [0.29, 0.717) is 25.7 Å². The molecule has 0 radical (unpaired) electrons. The van der Waals surface area contributed by atoms with E-state index in [1.807, 2.05) is 0 Å². The summed E-state index contributed by atoms with van der Waals surface area (Å²) in [5.74, 6) is -0.486. The number of carbonyl (C=O) groups excluding carboxylic acids is 4. The number of phosphoric acid groups is 2. The Morgan fingerprint density at radius 3 is 0.752 bits per heavy atom. The van der Waals surface area contributed by atoms with Crippen molar-refractivity contribution in [3.63, 3.8) is 0 Å². The van der Waals surface area contributed by atoms with Crippen LogP contribution >= 0.6 is 15.6 Å². The van der Waals surface area contributed by atoms with Gasteiger partial charge in [-0.15, -0.1) is 0 Å². The van der Waals surface area contributed by atoms with Crippen molar-refractivity contribution in [1.29, 1.82) is 0 Å². The topological polar surface area (TPSA) is 237 Å². The van der Waals surface area contributed by atoms with Crippen LogP contribution in [0.25, 0.3) is 0 Å². The number of aliphatic hydroxyl groups excluding tert-OH is 1. The molecule has 0 rings (SSSR count). The predicted octanol–water partition coefficient (Wildman–Crippen LogP) is 24.7. The van der Waals surface area contributed by atoms with Crippen LogP contribution in [-0.2, 0) is 65.4 Å². The van der Waals surface area contributed by atoms with Crippen molar-refractivity contribution in [2.24, 2.45) is 11.8 Å². The summed E-state index contributed by atoms with van der Waals surface area (Å²) in [4.78, 5) is 72.9. The molecule has 0 aromatic rings. The Morgan fingerprint density at radius 1 is 0.287 bits per heavy atom. The lowest BCUT2D eigenvalue weighted by Crippen LogP contribution is -2.30. The van der Waals surface area contributed by atoms with Crippen LogP contribution in [-0.4, -0.2) is 96.7 Å². The summed E-state index contributed by atoms with van der Waals surface area (Å²) in [7, 11) is -9.92. The molecule has 0 aromatic heterocycles. The van der Waals surface area contributed by atoms with Gasteiger partial charge < -0.3 is 33.8 Å². The SMILES string of the molecule is CCCCCCCCCCCCCCCCCCCCCCCC(=O)O[C@H](COC(=O)CCCCCCCCCCCCCCCCC(C)CC)COP(=O)(O)OC[C@@H](O)COP(=O)(O)OC[C@@H](COC(=O)CCCCCCCCC)OC(=O)CCCCCCCCCCCCCCC(C)C. The third kappa shape index (κ3) is 74.7. The molecule has 101 heavy (non-hydrogen) atoms. The predicted molar refractivity (Wildman–Crippen MR) is 414 cm³/mol. The Bertz CT molecular complexity index is 1940. The van der Waals surface area contributed by atoms with Gasteiger partial charge in [0.05, 0.1) is 26.4 Å². The van der Waals surface area contributed by atoms with Gasteiger partial charge in [-0.05, 0) is 37.5 Å². The highest BCUT2D eigenvalue weighted by atomic mass is 31.2. The van der Waals surface area contributed by atoms with Crippen LogP contribution < -0.4 is 0 Å². The highest BCUT2D eigenvalue weighted by Crippen LogP contribution is 2.45. The van der Waals surface area contributed by atoms with Gasteiger partial charge in [-0.2, -0.15) is 0 Å². The normalized spacial score (nSPS) is 14.2. The third-order valence-electron chi connectivity index (χ3n) is 19.6. The second-order valence-corrected chi connectivity index (χ2v) is 33.1. The van der Waals surface area contributed by atoms with Crippen LogP contribution in [0.5, 0.6) is 0 Å². The molecular weight excluding hydrogens is 1320 g/mol. The first-order chi connectivity index (χ1) is 48.9. The zero-order valence-electron chi connectivity index (χ0n) is 66.2. The van der Waals surface area contributed by atoms with Crippen LogP contribution in [0.15, 0.2) is 0 Å². The van der Waals surface area contributed by atoms with Gasteiger partial charge in [0.2, 0.25) is 0 Å². The first-order valence-corrected chi connectivity index (χ1v) is 45.5. The smallest absolute Gasteiger partial charge is 0.462 e. The fraction of sp³-hybridized carbons (Fsp3) is 0.951. The second-order valence-electron chi connectivity index (χ2n) is 30.2. The van der Waals surface area contributed by atoms with Gasteiger partial charge in [-0.3, -0.25) is 37.3 Å². The first kappa shape index (κ1) is 99.1. The number of carbonyl (C=O) groups is 4. The van der Waals surface area contributed by atoms with E-state index >= 15 is 0 Å². The van der Waals surface area contributed by atoms with Crippen molar-refractivity contribution in [2.75, 3.05) is 39.6 Å². The van der Waals surface area contributed by atoms with E-state index in [9.17, 15) is 43.2 Å². The Labute approximate surface area is 619 Å². The summed E-state index contributed by atoms with van der Waals surface area (Å²) >= 11 is 0. The molecule has 19 heteroatoms. The van der Waals surface area contributed by atoms with Gasteiger partial charge in [0.25, 0.3) is 0 Å². The van der Waals surface area contributed by atoms with Crippen molar-refractivity contribution in [3.8, 4) is 0 Å². The molecule has 0 aliphatic carbocycles. The molecule has 0 bridgehead atoms. The highest BCUT2D eigenvalue weighted by molar-refractivity contribution is 7.47. The number of esters is 4. The summed E-state index contributed by atoms with van der Waals surface area (Å²) in [5, 5.41) is 10.6. The van der Waals surface area contributed by atoms with Gasteiger partial charge in [-0.1, -0.05) is 382 Å². The largest absolute Gasteiger partial charge is 0.472 e. The number of unbranched alkanes of at least 4 members (excludes halogenated alkanes) is 50. The molecule has 0 saturated heterocycles. The zero-order valence-corrected chi connectivity index (χ0v) is 68.0. The van der Waals surface area contributed by atoms with Gasteiger partial charge >= 0.3 is 39.5 Å². The summed E-state index contributed by atoms with van der Waals surface area (Å²) in [5.41, 5.74) is 0. The minimum absolute atomic E-state index is 0.107. The number of phosphoric ester groups is 2. The van der Waals surface area contributed by atoms with Crippen LogP contribution in [0.4, 0.5) is 0 Å². The average Bonchev–Trinajstić information content (AvgIpc) is 1.03. The number of hydrogen-bond acceptors (Lipinski definition) is 15. The first-order valence-electron chi connectivity index (χ1n) is 42.5. The summed E-state index contributed by atoms with van der Waals surface area (Å²) < 4.78 is 68.6. The molecule has 0 aliphatic heterocycles. The Hall–Kier alpha value is -1.94. The fourth-order valence-electron chi connectivity index (χ4n) is 12.7. The van der Waals surface area contributed by atoms with E-state index in [4.69, 9.17) is 37.0 Å². The van der Waals surface area contributed by atoms with E-state index in [1.165, 1.54) is 238 Å². The number of hydrogen-bond donors (Lipinski definition) is 3. The van der Waals surface area contributed by atoms with Crippen molar-refractivity contribution < 1.29 is 80.2 Å². The minimum Gasteiger partial charge on any atom is -0.462 e. The summed E-state index contributed by atoms with van der Waals surface area (Å²) in [6.45, 7) is 9.66. The van der Waals surface area contributed by atoms with Crippen LogP contribution in [0.3, 0.4) is 0 Å². The minimum atomic E-state index is -4.96. The summed E-state index contributed by atoms with van der Waals surface area (Å²) in [6, 6.07) is 0. The third-order valence-corrected chi connectivity index (χ3v) is 21.5. The molecule has 0 amide bonds. The Balaban J connectivity index is 5.17. The van der Waals surface area contributed by atoms with Crippen molar-refractivity contribution >= 4 is 39.5 Å². The van der Waals surface area contributed by atoms with E-state index in [-0.39, 0.29) is 25.7 Å². The zero-order chi connectivity index (χ0) is 74.2. The van der Waals surface area contributed by atoms with Gasteiger partial charge in [-0.25, -0.2) is 9.13 Å². The molecule has 6 atom stereocenters. The molecule has 17 nitrogen and oxygen atoms in total. The van der Waals surface area contributed by atoms with Gasteiger partial charge in [0, 0.05) is 25.7 Å². The number of ether oxygens (including phenoxy) is 4. The molecule has 3 N–H and O–H groups in total. The monoisotopic (exact) mass is 1480 g/mol. The van der Waals surface area contributed by atoms with Gasteiger partial charge in [0.15, 0.2) is 12.2 Å². The average molecular weight is 1480 g/mol. The van der Waals surface area contributed by atoms with E-state index in [2.05, 4.69) is 41.5 Å². The molecule has 0 aromatic carbocycles. The molecule has 0 aliphatic rings. The Morgan fingerprint density at radius 2 is 0.505 bits per heavy atom. The molecule has 0 fully saturated rings. The Kier molecular flexibility index (Phi) is 72.2. The maximum atomic E-state index is 13.1. The maximum absolute atomic E-state index is 13.1. The second kappa shape index (κ2) is 73.6. The highest BCUT2D eigenvalue weighted by Gasteiger charge is 2.30. The van der Waals surface area contributed by atoms with Crippen molar-refractivity contribution in [1.82, 2.24) is 0 Å². The maximum Gasteiger partial charge on any atom is 0.472 e. The molecule has 600 valence electrons. The molecule has 3 unspecified atom stereocenters. The quantitative estimate of drug-likeness (QED) is 0.0222. The van der Waals surface area contributed by atoms with E-state index in [1.54, 1.807) is 0 Å². The number of aliphatic hydroxyl groups is 1. The van der Waals surface area contributed by atoms with Gasteiger partial charge in [0.1, 0.15) is 19.3 Å². The number of rotatable bonds is 81. The summed E-state index contributed by atoms with van der Waals surface area (Å²) in [6.07, 6.45) is 64.0. The van der Waals surface area contributed by atoms with Crippen LogP contribution in [0.1, 0.15) is 433 Å². The fourth-order valence-corrected chi connectivity index (χ4v) is 14.3. The molecule has 0 heterocycles. The molecule has 0 spiro atoms. The lowest BCUT2D eigenvalue weighted by Gasteiger charge is -2.21. The molecule has 0 saturated carbocycles. The lowest BCUT2D eigenvalue weighted by molar-refractivity contribution is -0.161. The van der Waals surface area contributed by atoms with Crippen LogP contribution in [0, 0.1) is 11.8 Å².